The SMILES string of the molecule is COC(=O)c1ccc2c(c1)/C(=C\c1ccccc1)N(c1cccc3cccnc13)C2=O. The second kappa shape index (κ2) is 7.54. The Hall–Kier alpha value is -4.25. The molecule has 3 aromatic carbocycles. The number of carbonyl (C=O) groups is 2. The molecule has 0 N–H and O–H groups in total. The molecule has 150 valence electrons. The van der Waals surface area contributed by atoms with E-state index in [1.807, 2.05) is 66.7 Å². The van der Waals surface area contributed by atoms with Gasteiger partial charge in [-0.2, -0.15) is 0 Å². The van der Waals surface area contributed by atoms with Gasteiger partial charge in [0.15, 0.2) is 0 Å². The van der Waals surface area contributed by atoms with Crippen molar-refractivity contribution in [2.75, 3.05) is 12.0 Å². The van der Waals surface area contributed by atoms with Gasteiger partial charge in [0.05, 0.1) is 29.6 Å². The number of rotatable bonds is 3. The molecule has 2 heterocycles. The predicted molar refractivity (Wildman–Crippen MR) is 121 cm³/mol. The van der Waals surface area contributed by atoms with Crippen LogP contribution in [-0.4, -0.2) is 24.0 Å². The van der Waals surface area contributed by atoms with Crippen LogP contribution >= 0.6 is 0 Å². The van der Waals surface area contributed by atoms with E-state index in [4.69, 9.17) is 4.74 Å². The van der Waals surface area contributed by atoms with Gasteiger partial charge in [0.1, 0.15) is 0 Å². The second-order valence-corrected chi connectivity index (χ2v) is 7.19. The number of methoxy groups -OCH3 is 1. The summed E-state index contributed by atoms with van der Waals surface area (Å²) in [5, 5.41) is 0.943. The highest BCUT2D eigenvalue weighted by Gasteiger charge is 2.35. The molecule has 1 amide bonds. The molecule has 0 spiro atoms. The number of esters is 1. The van der Waals surface area contributed by atoms with Crippen molar-refractivity contribution in [1.82, 2.24) is 4.98 Å². The quantitative estimate of drug-likeness (QED) is 0.440. The minimum absolute atomic E-state index is 0.160. The van der Waals surface area contributed by atoms with Crippen molar-refractivity contribution in [2.45, 2.75) is 0 Å². The lowest BCUT2D eigenvalue weighted by Gasteiger charge is -2.20. The molecule has 1 aliphatic rings. The van der Waals surface area contributed by atoms with Gasteiger partial charge in [-0.05, 0) is 42.0 Å². The Kier molecular flexibility index (Phi) is 4.56. The van der Waals surface area contributed by atoms with Gasteiger partial charge in [-0.25, -0.2) is 4.79 Å². The van der Waals surface area contributed by atoms with Crippen molar-refractivity contribution < 1.29 is 14.3 Å². The molecule has 0 atom stereocenters. The van der Waals surface area contributed by atoms with E-state index in [1.54, 1.807) is 29.3 Å². The number of benzene rings is 3. The highest BCUT2D eigenvalue weighted by atomic mass is 16.5. The van der Waals surface area contributed by atoms with Crippen LogP contribution in [0.15, 0.2) is 85.1 Å². The van der Waals surface area contributed by atoms with Gasteiger partial charge in [0.2, 0.25) is 0 Å². The fourth-order valence-electron chi connectivity index (χ4n) is 3.89. The van der Waals surface area contributed by atoms with Gasteiger partial charge in [-0.3, -0.25) is 14.7 Å². The summed E-state index contributed by atoms with van der Waals surface area (Å²) in [6.45, 7) is 0. The van der Waals surface area contributed by atoms with E-state index in [0.717, 1.165) is 16.5 Å². The summed E-state index contributed by atoms with van der Waals surface area (Å²) in [6.07, 6.45) is 3.67. The number of anilines is 1. The van der Waals surface area contributed by atoms with E-state index in [0.29, 0.717) is 28.1 Å². The number of aromatic nitrogens is 1. The molecule has 5 heteroatoms. The Morgan fingerprint density at radius 2 is 1.74 bits per heavy atom. The molecule has 0 saturated carbocycles. The Bertz CT molecular complexity index is 1350. The number of fused-ring (bicyclic) bond motifs is 2. The van der Waals surface area contributed by atoms with E-state index >= 15 is 0 Å². The maximum atomic E-state index is 13.5. The van der Waals surface area contributed by atoms with Crippen LogP contribution < -0.4 is 4.90 Å². The molecule has 5 nitrogen and oxygen atoms in total. The monoisotopic (exact) mass is 406 g/mol. The highest BCUT2D eigenvalue weighted by Crippen LogP contribution is 2.40. The third-order valence-electron chi connectivity index (χ3n) is 5.35. The lowest BCUT2D eigenvalue weighted by molar-refractivity contribution is 0.0600. The van der Waals surface area contributed by atoms with Crippen molar-refractivity contribution in [3.8, 4) is 0 Å². The van der Waals surface area contributed by atoms with Crippen molar-refractivity contribution in [1.29, 1.82) is 0 Å². The molecule has 0 aliphatic carbocycles. The molecule has 0 radical (unpaired) electrons. The van der Waals surface area contributed by atoms with Crippen LogP contribution in [0.4, 0.5) is 5.69 Å². The number of para-hydroxylation sites is 1. The average molecular weight is 406 g/mol. The molecule has 0 fully saturated rings. The number of nitrogens with zero attached hydrogens (tertiary/aromatic N) is 2. The first kappa shape index (κ1) is 18.8. The van der Waals surface area contributed by atoms with Gasteiger partial charge in [0.25, 0.3) is 5.91 Å². The van der Waals surface area contributed by atoms with E-state index in [-0.39, 0.29) is 5.91 Å². The predicted octanol–water partition coefficient (Wildman–Crippen LogP) is 5.18. The Labute approximate surface area is 179 Å². The summed E-state index contributed by atoms with van der Waals surface area (Å²) in [7, 11) is 1.34. The first-order valence-electron chi connectivity index (χ1n) is 9.85. The second-order valence-electron chi connectivity index (χ2n) is 7.19. The highest BCUT2D eigenvalue weighted by molar-refractivity contribution is 6.26. The van der Waals surface area contributed by atoms with Crippen LogP contribution in [0.5, 0.6) is 0 Å². The van der Waals surface area contributed by atoms with Crippen molar-refractivity contribution in [3.63, 3.8) is 0 Å². The topological polar surface area (TPSA) is 59.5 Å². The minimum atomic E-state index is -0.445. The first-order chi connectivity index (χ1) is 15.2. The lowest BCUT2D eigenvalue weighted by atomic mass is 10.0. The van der Waals surface area contributed by atoms with E-state index < -0.39 is 5.97 Å². The average Bonchev–Trinajstić information content (AvgIpc) is 3.09. The standard InChI is InChI=1S/C26H18N2O3/c1-31-26(30)19-12-13-20-21(16-19)23(15-17-7-3-2-4-8-17)28(25(20)29)22-11-5-9-18-10-6-14-27-24(18)22/h2-16H,1H3/b23-15+. The molecule has 0 bridgehead atoms. The third-order valence-corrected chi connectivity index (χ3v) is 5.35. The van der Waals surface area contributed by atoms with Crippen molar-refractivity contribution >= 4 is 40.2 Å². The van der Waals surface area contributed by atoms with Gasteiger partial charge >= 0.3 is 5.97 Å². The summed E-state index contributed by atoms with van der Waals surface area (Å²) in [6, 6.07) is 24.4. The fraction of sp³-hybridized carbons (Fsp3) is 0.0385. The van der Waals surface area contributed by atoms with E-state index in [2.05, 4.69) is 4.98 Å². The number of hydrogen-bond acceptors (Lipinski definition) is 4. The van der Waals surface area contributed by atoms with Crippen LogP contribution in [0, 0.1) is 0 Å². The van der Waals surface area contributed by atoms with Crippen LogP contribution in [0.1, 0.15) is 31.8 Å². The van der Waals surface area contributed by atoms with Gasteiger partial charge in [-0.1, -0.05) is 48.5 Å². The van der Waals surface area contributed by atoms with Crippen molar-refractivity contribution in [3.05, 3.63) is 107 Å². The van der Waals surface area contributed by atoms with E-state index in [9.17, 15) is 9.59 Å². The van der Waals surface area contributed by atoms with Gasteiger partial charge in [0, 0.05) is 22.7 Å². The molecule has 0 saturated heterocycles. The molecular formula is C26H18N2O3. The van der Waals surface area contributed by atoms with Gasteiger partial charge in [-0.15, -0.1) is 0 Å². The molecule has 5 rings (SSSR count). The lowest BCUT2D eigenvalue weighted by Crippen LogP contribution is -2.22. The first-order valence-corrected chi connectivity index (χ1v) is 9.85. The summed E-state index contributed by atoms with van der Waals surface area (Å²) in [5.74, 6) is -0.605. The molecular weight excluding hydrogens is 388 g/mol. The Morgan fingerprint density at radius 1 is 0.935 bits per heavy atom. The van der Waals surface area contributed by atoms with Crippen LogP contribution in [0.25, 0.3) is 22.7 Å². The Balaban J connectivity index is 1.76. The maximum absolute atomic E-state index is 13.5. The Morgan fingerprint density at radius 3 is 2.55 bits per heavy atom. The number of hydrogen-bond donors (Lipinski definition) is 0. The molecule has 1 aromatic heterocycles. The zero-order chi connectivity index (χ0) is 21.4. The summed E-state index contributed by atoms with van der Waals surface area (Å²) in [5.41, 5.74) is 4.67. The smallest absolute Gasteiger partial charge is 0.337 e. The zero-order valence-corrected chi connectivity index (χ0v) is 16.8. The summed E-state index contributed by atoms with van der Waals surface area (Å²) >= 11 is 0. The third kappa shape index (κ3) is 3.16. The minimum Gasteiger partial charge on any atom is -0.465 e. The largest absolute Gasteiger partial charge is 0.465 e. The summed E-state index contributed by atoms with van der Waals surface area (Å²) in [4.78, 5) is 31.9. The van der Waals surface area contributed by atoms with Crippen molar-refractivity contribution in [2.24, 2.45) is 0 Å². The number of carbonyl (C=O) groups excluding carboxylic acids is 2. The molecule has 1 aliphatic heterocycles. The molecule has 4 aromatic rings. The number of pyridine rings is 1. The van der Waals surface area contributed by atoms with Crippen LogP contribution in [0.3, 0.4) is 0 Å². The fourth-order valence-corrected chi connectivity index (χ4v) is 3.89. The van der Waals surface area contributed by atoms with Gasteiger partial charge < -0.3 is 4.74 Å². The zero-order valence-electron chi connectivity index (χ0n) is 16.8. The van der Waals surface area contributed by atoms with Crippen LogP contribution in [0.2, 0.25) is 0 Å². The van der Waals surface area contributed by atoms with E-state index in [1.165, 1.54) is 7.11 Å². The summed E-state index contributed by atoms with van der Waals surface area (Å²) < 4.78 is 4.88. The number of ether oxygens (including phenoxy) is 1. The molecule has 0 unspecified atom stereocenters. The van der Waals surface area contributed by atoms with Crippen LogP contribution in [-0.2, 0) is 4.74 Å². The maximum Gasteiger partial charge on any atom is 0.337 e. The normalized spacial score (nSPS) is 14.2. The molecule has 31 heavy (non-hydrogen) atoms. The number of amides is 1.